The Morgan fingerprint density at radius 1 is 1.57 bits per heavy atom. The molecule has 0 aliphatic heterocycles. The first-order valence-corrected chi connectivity index (χ1v) is 4.26. The van der Waals surface area contributed by atoms with Crippen molar-refractivity contribution in [3.63, 3.8) is 0 Å². The van der Waals surface area contributed by atoms with Gasteiger partial charge in [-0.2, -0.15) is 0 Å². The molecule has 0 aliphatic carbocycles. The van der Waals surface area contributed by atoms with Gasteiger partial charge in [0.05, 0.1) is 0 Å². The summed E-state index contributed by atoms with van der Waals surface area (Å²) in [5.41, 5.74) is 0. The van der Waals surface area contributed by atoms with E-state index in [9.17, 15) is 0 Å². The van der Waals surface area contributed by atoms with Gasteiger partial charge in [-0.15, -0.1) is 0 Å². The molecule has 1 radical (unpaired) electrons. The van der Waals surface area contributed by atoms with Gasteiger partial charge in [0, 0.05) is 0 Å². The zero-order valence-corrected chi connectivity index (χ0v) is 7.73. The SMILES string of the molecule is CC([CH2][Na])[N+](C)C. The molecule has 0 aromatic rings. The maximum absolute atomic E-state index is 2.26. The predicted molar refractivity (Wildman–Crippen MR) is 34.0 cm³/mol. The van der Waals surface area contributed by atoms with E-state index in [4.69, 9.17) is 0 Å². The Bertz CT molecular complexity index is 45.3. The van der Waals surface area contributed by atoms with E-state index in [-0.39, 0.29) is 0 Å². The summed E-state index contributed by atoms with van der Waals surface area (Å²) in [6.07, 6.45) is 0. The van der Waals surface area contributed by atoms with E-state index in [1.807, 2.05) is 0 Å². The van der Waals surface area contributed by atoms with Crippen LogP contribution in [0.4, 0.5) is 0 Å². The number of hydrogen-bond donors (Lipinski definition) is 0. The Kier molecular flexibility index (Phi) is 4.44. The molecule has 0 aromatic heterocycles. The number of nitrogens with zero attached hydrogens (tertiary/aromatic N) is 1. The Balaban J connectivity index is 3.14. The first-order chi connectivity index (χ1) is 3.18. The van der Waals surface area contributed by atoms with E-state index in [1.165, 1.54) is 31.6 Å². The molecule has 1 unspecified atom stereocenters. The average Bonchev–Trinajstić information content (AvgIpc) is 1.65. The minimum absolute atomic E-state index is 0.798. The van der Waals surface area contributed by atoms with Crippen LogP contribution in [0.25, 0.3) is 0 Å². The first kappa shape index (κ1) is 7.96. The van der Waals surface area contributed by atoms with Crippen LogP contribution in [0.1, 0.15) is 6.92 Å². The molecule has 0 rings (SSSR count). The van der Waals surface area contributed by atoms with Crippen molar-refractivity contribution >= 4 is 27.9 Å². The molecule has 0 amide bonds. The van der Waals surface area contributed by atoms with Gasteiger partial charge in [0.2, 0.25) is 0 Å². The topological polar surface area (TPSA) is 5.90 Å². The third-order valence-corrected chi connectivity index (χ3v) is 2.65. The Morgan fingerprint density at radius 2 is 2.00 bits per heavy atom. The van der Waals surface area contributed by atoms with E-state index >= 15 is 0 Å². The van der Waals surface area contributed by atoms with Gasteiger partial charge < -0.3 is 0 Å². The molecule has 0 heterocycles. The molecular weight excluding hydrogens is 97.1 g/mol. The van der Waals surface area contributed by atoms with Crippen LogP contribution in [0, 0.1) is 0 Å². The van der Waals surface area contributed by atoms with Gasteiger partial charge >= 0.3 is 63.6 Å². The molecular formula is C5H12NNa+. The maximum atomic E-state index is 2.26. The van der Waals surface area contributed by atoms with Crippen LogP contribution in [-0.4, -0.2) is 48.1 Å². The third-order valence-electron chi connectivity index (χ3n) is 1.47. The van der Waals surface area contributed by atoms with Crippen LogP contribution in [0.2, 0.25) is 3.67 Å². The van der Waals surface area contributed by atoms with Crippen molar-refractivity contribution in [2.75, 3.05) is 14.1 Å². The van der Waals surface area contributed by atoms with Gasteiger partial charge in [-0.25, -0.2) is 0 Å². The van der Waals surface area contributed by atoms with Gasteiger partial charge in [-0.1, -0.05) is 0 Å². The summed E-state index contributed by atoms with van der Waals surface area (Å²) in [5.74, 6) is 0. The summed E-state index contributed by atoms with van der Waals surface area (Å²) in [4.78, 5) is 2.26. The summed E-state index contributed by atoms with van der Waals surface area (Å²) in [6, 6.07) is 0.798. The van der Waals surface area contributed by atoms with Crippen molar-refractivity contribution < 1.29 is 0 Å². The second-order valence-corrected chi connectivity index (χ2v) is 3.04. The molecule has 37 valence electrons. The normalized spacial score (nSPS) is 15.1. The summed E-state index contributed by atoms with van der Waals surface area (Å²) >= 11 is 1.33. The van der Waals surface area contributed by atoms with Crippen LogP contribution < -0.4 is 4.90 Å². The fourth-order valence-electron chi connectivity index (χ4n) is 0.365. The molecule has 0 spiro atoms. The molecule has 2 heteroatoms. The zero-order valence-electron chi connectivity index (χ0n) is 5.73. The predicted octanol–water partition coefficient (Wildman–Crippen LogP) is 0.361. The van der Waals surface area contributed by atoms with Crippen molar-refractivity contribution in [3.8, 4) is 0 Å². The molecule has 0 aromatic carbocycles. The average molecular weight is 109 g/mol. The Labute approximate surface area is 63.5 Å². The second-order valence-electron chi connectivity index (χ2n) is 2.22. The third kappa shape index (κ3) is 3.53. The Morgan fingerprint density at radius 3 is 2.00 bits per heavy atom. The van der Waals surface area contributed by atoms with Crippen molar-refractivity contribution in [2.45, 2.75) is 16.6 Å². The molecule has 0 aliphatic rings. The van der Waals surface area contributed by atoms with Crippen LogP contribution >= 0.6 is 0 Å². The summed E-state index contributed by atoms with van der Waals surface area (Å²) in [6.45, 7) is 2.26. The van der Waals surface area contributed by atoms with Crippen molar-refractivity contribution in [1.82, 2.24) is 4.90 Å². The summed E-state index contributed by atoms with van der Waals surface area (Å²) in [5, 5.41) is 0. The molecule has 0 saturated heterocycles. The molecule has 0 N–H and O–H groups in total. The van der Waals surface area contributed by atoms with E-state index in [2.05, 4.69) is 25.9 Å². The quantitative estimate of drug-likeness (QED) is 0.357. The zero-order chi connectivity index (χ0) is 5.86. The fourth-order valence-corrected chi connectivity index (χ4v) is 1.10. The summed E-state index contributed by atoms with van der Waals surface area (Å²) in [7, 11) is 4.26. The van der Waals surface area contributed by atoms with Gasteiger partial charge in [0.1, 0.15) is 0 Å². The van der Waals surface area contributed by atoms with Crippen LogP contribution in [0.15, 0.2) is 0 Å². The van der Waals surface area contributed by atoms with E-state index in [1.54, 1.807) is 0 Å². The standard InChI is InChI=1S/C5H12N.Na/c1-5(2)6(3)4;/h5H,1H2,2-4H3;/q+1;. The monoisotopic (exact) mass is 109 g/mol. The van der Waals surface area contributed by atoms with Gasteiger partial charge in [0.15, 0.2) is 0 Å². The number of rotatable bonds is 2. The molecule has 1 atom stereocenters. The Hall–Kier alpha value is 0.960. The van der Waals surface area contributed by atoms with Crippen LogP contribution in [-0.2, 0) is 0 Å². The molecule has 0 fully saturated rings. The van der Waals surface area contributed by atoms with E-state index in [0.717, 1.165) is 6.04 Å². The minimum atomic E-state index is 0.798. The van der Waals surface area contributed by atoms with Crippen LogP contribution in [0.3, 0.4) is 0 Å². The van der Waals surface area contributed by atoms with E-state index < -0.39 is 0 Å². The number of hydrogen-bond acceptors (Lipinski definition) is 1. The van der Waals surface area contributed by atoms with Crippen molar-refractivity contribution in [2.24, 2.45) is 0 Å². The fraction of sp³-hybridized carbons (Fsp3) is 1.00. The van der Waals surface area contributed by atoms with Gasteiger partial charge in [-0.05, 0) is 0 Å². The molecule has 0 bridgehead atoms. The molecule has 0 saturated carbocycles. The van der Waals surface area contributed by atoms with Crippen LogP contribution in [0.5, 0.6) is 0 Å². The first-order valence-electron chi connectivity index (χ1n) is 2.85. The van der Waals surface area contributed by atoms with E-state index in [0.29, 0.717) is 0 Å². The second kappa shape index (κ2) is 3.90. The molecule has 1 nitrogen and oxygen atoms in total. The van der Waals surface area contributed by atoms with Crippen molar-refractivity contribution in [3.05, 3.63) is 0 Å². The van der Waals surface area contributed by atoms with Gasteiger partial charge in [0.25, 0.3) is 0 Å². The summed E-state index contributed by atoms with van der Waals surface area (Å²) < 4.78 is 1.38. The van der Waals surface area contributed by atoms with Gasteiger partial charge in [-0.3, -0.25) is 0 Å². The van der Waals surface area contributed by atoms with Crippen molar-refractivity contribution in [1.29, 1.82) is 0 Å². The molecule has 7 heavy (non-hydrogen) atoms.